The Labute approximate surface area is 216 Å². The number of anilines is 1. The number of nitrogens with zero attached hydrogens (tertiary/aromatic N) is 4. The van der Waals surface area contributed by atoms with Crippen LogP contribution in [0.25, 0.3) is 5.69 Å². The number of carbonyl (C=O) groups is 3. The van der Waals surface area contributed by atoms with Crippen LogP contribution in [-0.2, 0) is 6.42 Å². The maximum atomic E-state index is 12.8. The molecule has 1 aromatic carbocycles. The Morgan fingerprint density at radius 1 is 1.08 bits per heavy atom. The van der Waals surface area contributed by atoms with E-state index in [1.165, 1.54) is 0 Å². The second-order valence-corrected chi connectivity index (χ2v) is 10.8. The molecule has 1 aliphatic heterocycles. The van der Waals surface area contributed by atoms with Crippen LogP contribution in [0.15, 0.2) is 42.7 Å². The van der Waals surface area contributed by atoms with E-state index in [1.54, 1.807) is 30.6 Å². The topological polar surface area (TPSA) is 123 Å². The molecule has 0 unspecified atom stereocenters. The van der Waals surface area contributed by atoms with E-state index in [0.29, 0.717) is 41.9 Å². The number of aromatic nitrogens is 3. The van der Waals surface area contributed by atoms with Crippen molar-refractivity contribution >= 4 is 23.3 Å². The van der Waals surface area contributed by atoms with Gasteiger partial charge in [-0.15, -0.1) is 0 Å². The number of fused-ring (bicyclic) bond motifs is 1. The molecule has 2 aliphatic rings. The molecule has 3 heterocycles. The molecule has 3 aromatic rings. The van der Waals surface area contributed by atoms with Crippen LogP contribution in [0, 0.1) is 12.3 Å². The highest BCUT2D eigenvalue weighted by Crippen LogP contribution is 2.37. The fourth-order valence-corrected chi connectivity index (χ4v) is 5.48. The van der Waals surface area contributed by atoms with Crippen molar-refractivity contribution in [1.29, 1.82) is 0 Å². The van der Waals surface area contributed by atoms with Crippen molar-refractivity contribution in [2.24, 2.45) is 11.1 Å². The van der Waals surface area contributed by atoms with Gasteiger partial charge in [0.1, 0.15) is 0 Å². The highest BCUT2D eigenvalue weighted by molar-refractivity contribution is 6.00. The number of ketones is 1. The van der Waals surface area contributed by atoms with E-state index in [2.05, 4.69) is 24.1 Å². The lowest BCUT2D eigenvalue weighted by molar-refractivity contribution is 0.0718. The molecule has 9 nitrogen and oxygen atoms in total. The molecular formula is C28H32N6O3. The van der Waals surface area contributed by atoms with Crippen LogP contribution in [0.1, 0.15) is 75.6 Å². The summed E-state index contributed by atoms with van der Waals surface area (Å²) in [4.78, 5) is 43.7. The molecule has 0 atom stereocenters. The summed E-state index contributed by atoms with van der Waals surface area (Å²) in [7, 11) is 0. The van der Waals surface area contributed by atoms with Crippen molar-refractivity contribution in [2.45, 2.75) is 52.5 Å². The Balaban J connectivity index is 1.38. The molecule has 9 heteroatoms. The smallest absolute Gasteiger partial charge is 0.253 e. The van der Waals surface area contributed by atoms with Gasteiger partial charge in [0.15, 0.2) is 5.78 Å². The van der Waals surface area contributed by atoms with Crippen LogP contribution in [-0.4, -0.2) is 56.4 Å². The van der Waals surface area contributed by atoms with Crippen molar-refractivity contribution in [1.82, 2.24) is 19.7 Å². The second kappa shape index (κ2) is 9.46. The molecule has 1 fully saturated rings. The van der Waals surface area contributed by atoms with Crippen molar-refractivity contribution in [3.05, 3.63) is 70.8 Å². The monoisotopic (exact) mass is 500 g/mol. The van der Waals surface area contributed by atoms with E-state index in [0.717, 1.165) is 36.3 Å². The van der Waals surface area contributed by atoms with Gasteiger partial charge in [-0.3, -0.25) is 19.4 Å². The van der Waals surface area contributed by atoms with Crippen LogP contribution in [0.3, 0.4) is 0 Å². The van der Waals surface area contributed by atoms with Crippen molar-refractivity contribution < 1.29 is 14.4 Å². The third-order valence-electron chi connectivity index (χ3n) is 7.30. The number of rotatable bonds is 5. The number of primary amides is 1. The molecule has 0 saturated carbocycles. The van der Waals surface area contributed by atoms with Crippen LogP contribution in [0.5, 0.6) is 0 Å². The summed E-state index contributed by atoms with van der Waals surface area (Å²) >= 11 is 0. The Kier molecular flexibility index (Phi) is 6.31. The van der Waals surface area contributed by atoms with Gasteiger partial charge in [0.05, 0.1) is 28.2 Å². The maximum absolute atomic E-state index is 12.8. The van der Waals surface area contributed by atoms with E-state index in [-0.39, 0.29) is 23.1 Å². The quantitative estimate of drug-likeness (QED) is 0.552. The zero-order valence-electron chi connectivity index (χ0n) is 21.5. The zero-order valence-corrected chi connectivity index (χ0v) is 21.5. The predicted octanol–water partition coefficient (Wildman–Crippen LogP) is 3.55. The van der Waals surface area contributed by atoms with E-state index < -0.39 is 5.91 Å². The molecule has 37 heavy (non-hydrogen) atoms. The number of hydrogen-bond acceptors (Lipinski definition) is 6. The zero-order chi connectivity index (χ0) is 26.3. The summed E-state index contributed by atoms with van der Waals surface area (Å²) in [6, 6.07) is 8.93. The standard InChI is InChI=1S/C28H32N6O3/c1-17-25-23(15-28(2,3)16-24(25)35)34(32-17)20-4-5-21(26(29)36)22(14-20)31-19-8-12-33(13-9-19)27(37)18-6-10-30-11-7-18/h4-7,10-11,14,19,31H,8-9,12-13,15-16H2,1-3H3,(H2,29,36). The van der Waals surface area contributed by atoms with Crippen molar-refractivity contribution in [3.63, 3.8) is 0 Å². The van der Waals surface area contributed by atoms with E-state index in [9.17, 15) is 14.4 Å². The first-order chi connectivity index (χ1) is 17.6. The number of carbonyl (C=O) groups excluding carboxylic acids is 3. The summed E-state index contributed by atoms with van der Waals surface area (Å²) in [5.74, 6) is -0.401. The SMILES string of the molecule is Cc1nn(-c2ccc(C(N)=O)c(NC3CCN(C(=O)c4ccncc4)CC3)c2)c2c1C(=O)CC(C)(C)C2. The summed E-state index contributed by atoms with van der Waals surface area (Å²) in [6.07, 6.45) is 5.95. The van der Waals surface area contributed by atoms with Gasteiger partial charge in [-0.25, -0.2) is 4.68 Å². The van der Waals surface area contributed by atoms with Gasteiger partial charge >= 0.3 is 0 Å². The highest BCUT2D eigenvalue weighted by Gasteiger charge is 2.36. The number of pyridine rings is 1. The van der Waals surface area contributed by atoms with Crippen molar-refractivity contribution in [3.8, 4) is 5.69 Å². The number of benzene rings is 1. The summed E-state index contributed by atoms with van der Waals surface area (Å²) < 4.78 is 1.83. The van der Waals surface area contributed by atoms with Gasteiger partial charge < -0.3 is 16.0 Å². The van der Waals surface area contributed by atoms with Gasteiger partial charge in [0.2, 0.25) is 0 Å². The molecule has 2 aromatic heterocycles. The largest absolute Gasteiger partial charge is 0.381 e. The summed E-state index contributed by atoms with van der Waals surface area (Å²) in [6.45, 7) is 7.26. The number of hydrogen-bond donors (Lipinski definition) is 2. The number of likely N-dealkylation sites (tertiary alicyclic amines) is 1. The predicted molar refractivity (Wildman–Crippen MR) is 140 cm³/mol. The van der Waals surface area contributed by atoms with Gasteiger partial charge in [-0.1, -0.05) is 13.8 Å². The first-order valence-electron chi connectivity index (χ1n) is 12.6. The molecule has 0 bridgehead atoms. The highest BCUT2D eigenvalue weighted by atomic mass is 16.2. The molecule has 1 aliphatic carbocycles. The lowest BCUT2D eigenvalue weighted by Crippen LogP contribution is -2.42. The Morgan fingerprint density at radius 2 is 1.78 bits per heavy atom. The number of piperidine rings is 1. The molecule has 5 rings (SSSR count). The number of amides is 2. The van der Waals surface area contributed by atoms with E-state index in [1.807, 2.05) is 28.6 Å². The van der Waals surface area contributed by atoms with Gasteiger partial charge in [-0.2, -0.15) is 5.10 Å². The molecule has 192 valence electrons. The second-order valence-electron chi connectivity index (χ2n) is 10.8. The average Bonchev–Trinajstić information content (AvgIpc) is 3.19. The lowest BCUT2D eigenvalue weighted by atomic mass is 9.75. The molecule has 2 amide bonds. The maximum Gasteiger partial charge on any atom is 0.253 e. The first kappa shape index (κ1) is 24.7. The van der Waals surface area contributed by atoms with Crippen LogP contribution in [0.4, 0.5) is 5.69 Å². The average molecular weight is 501 g/mol. The number of aryl methyl sites for hydroxylation is 1. The van der Waals surface area contributed by atoms with Gasteiger partial charge in [-0.05, 0) is 61.9 Å². The van der Waals surface area contributed by atoms with Crippen LogP contribution in [0.2, 0.25) is 0 Å². The first-order valence-corrected chi connectivity index (χ1v) is 12.6. The number of nitrogens with one attached hydrogen (secondary N) is 1. The minimum Gasteiger partial charge on any atom is -0.381 e. The minimum absolute atomic E-state index is 0.00281. The molecule has 0 radical (unpaired) electrons. The van der Waals surface area contributed by atoms with Gasteiger partial charge in [0, 0.05) is 49.2 Å². The van der Waals surface area contributed by atoms with Crippen LogP contribution >= 0.6 is 0 Å². The third-order valence-corrected chi connectivity index (χ3v) is 7.30. The number of Topliss-reactive ketones (excluding diaryl/α,β-unsaturated/α-hetero) is 1. The normalized spacial score (nSPS) is 17.4. The molecule has 0 spiro atoms. The molecular weight excluding hydrogens is 468 g/mol. The summed E-state index contributed by atoms with van der Waals surface area (Å²) in [5.41, 5.74) is 10.3. The van der Waals surface area contributed by atoms with Crippen LogP contribution < -0.4 is 11.1 Å². The fraction of sp³-hybridized carbons (Fsp3) is 0.393. The van der Waals surface area contributed by atoms with Crippen molar-refractivity contribution in [2.75, 3.05) is 18.4 Å². The fourth-order valence-electron chi connectivity index (χ4n) is 5.48. The van der Waals surface area contributed by atoms with E-state index in [4.69, 9.17) is 10.8 Å². The van der Waals surface area contributed by atoms with E-state index >= 15 is 0 Å². The molecule has 3 N–H and O–H groups in total. The summed E-state index contributed by atoms with van der Waals surface area (Å²) in [5, 5.41) is 8.20. The minimum atomic E-state index is -0.519. The lowest BCUT2D eigenvalue weighted by Gasteiger charge is -2.33. The third kappa shape index (κ3) is 4.85. The molecule has 1 saturated heterocycles. The van der Waals surface area contributed by atoms with Gasteiger partial charge in [0.25, 0.3) is 11.8 Å². The Morgan fingerprint density at radius 3 is 2.46 bits per heavy atom. The number of nitrogens with two attached hydrogens (primary N) is 1. The Bertz CT molecular complexity index is 1370. The Hall–Kier alpha value is -4.01.